The number of hydrogen-bond acceptors (Lipinski definition) is 4. The van der Waals surface area contributed by atoms with Crippen molar-refractivity contribution in [3.05, 3.63) is 75.9 Å². The molecule has 7 nitrogen and oxygen atoms in total. The summed E-state index contributed by atoms with van der Waals surface area (Å²) in [4.78, 5) is 13.8. The number of nitro benzene ring substituents is 1. The number of ether oxygens (including phenoxy) is 1. The van der Waals surface area contributed by atoms with Crippen LogP contribution in [0.3, 0.4) is 0 Å². The first kappa shape index (κ1) is 17.1. The quantitative estimate of drug-likeness (QED) is 0.369. The Morgan fingerprint density at radius 3 is 2.81 bits per heavy atom. The molecule has 0 aliphatic carbocycles. The lowest BCUT2D eigenvalue weighted by Crippen LogP contribution is -1.99. The van der Waals surface area contributed by atoms with Gasteiger partial charge in [-0.3, -0.25) is 14.8 Å². The number of nitro groups is 1. The molecule has 3 aromatic rings. The molecule has 3 rings (SSSR count). The van der Waals surface area contributed by atoms with Crippen molar-refractivity contribution in [3.63, 3.8) is 0 Å². The fraction of sp³-hybridized carbons (Fsp3) is 0.111. The van der Waals surface area contributed by atoms with E-state index in [1.165, 1.54) is 6.07 Å². The zero-order valence-corrected chi connectivity index (χ0v) is 13.7. The highest BCUT2D eigenvalue weighted by Crippen LogP contribution is 2.33. The lowest BCUT2D eigenvalue weighted by molar-refractivity contribution is -0.385. The molecular formula is C18H13FN4O3. The average Bonchev–Trinajstić information content (AvgIpc) is 3.06. The molecule has 0 radical (unpaired) electrons. The molecule has 0 spiro atoms. The third-order valence-corrected chi connectivity index (χ3v) is 3.66. The van der Waals surface area contributed by atoms with Crippen molar-refractivity contribution in [2.75, 3.05) is 0 Å². The van der Waals surface area contributed by atoms with Gasteiger partial charge in [0.15, 0.2) is 5.69 Å². The molecule has 0 saturated carbocycles. The highest BCUT2D eigenvalue weighted by atomic mass is 19.1. The molecule has 0 atom stereocenters. The van der Waals surface area contributed by atoms with Gasteiger partial charge in [-0.15, -0.1) is 5.10 Å². The van der Waals surface area contributed by atoms with Gasteiger partial charge in [-0.2, -0.15) is 0 Å². The van der Waals surface area contributed by atoms with Crippen molar-refractivity contribution in [1.82, 2.24) is 9.78 Å². The first-order valence-corrected chi connectivity index (χ1v) is 7.69. The van der Waals surface area contributed by atoms with Crippen molar-refractivity contribution >= 4 is 11.4 Å². The van der Waals surface area contributed by atoms with Crippen LogP contribution < -0.4 is 4.74 Å². The SMILES string of the molecule is [C-]#[N+]c1cccc(-c2cc(Oc3ccc(F)cc3[N+](=O)[O-])nn2CC)c1. The van der Waals surface area contributed by atoms with Crippen molar-refractivity contribution in [1.29, 1.82) is 0 Å². The zero-order chi connectivity index (χ0) is 18.7. The molecule has 0 N–H and O–H groups in total. The van der Waals surface area contributed by atoms with Crippen LogP contribution in [0.5, 0.6) is 11.6 Å². The Kier molecular flexibility index (Phi) is 4.62. The molecule has 0 amide bonds. The molecule has 0 aliphatic rings. The summed E-state index contributed by atoms with van der Waals surface area (Å²) in [6.45, 7) is 9.54. The molecule has 130 valence electrons. The fourth-order valence-electron chi connectivity index (χ4n) is 2.48. The monoisotopic (exact) mass is 352 g/mol. The molecule has 0 saturated heterocycles. The smallest absolute Gasteiger partial charge is 0.314 e. The van der Waals surface area contributed by atoms with E-state index in [9.17, 15) is 14.5 Å². The molecular weight excluding hydrogens is 339 g/mol. The van der Waals surface area contributed by atoms with Crippen LogP contribution in [0.25, 0.3) is 16.1 Å². The van der Waals surface area contributed by atoms with Gasteiger partial charge in [-0.25, -0.2) is 9.24 Å². The molecule has 1 heterocycles. The van der Waals surface area contributed by atoms with Gasteiger partial charge in [0.05, 0.1) is 23.3 Å². The van der Waals surface area contributed by atoms with Gasteiger partial charge < -0.3 is 4.74 Å². The maximum atomic E-state index is 13.3. The van der Waals surface area contributed by atoms with Crippen LogP contribution in [0.2, 0.25) is 0 Å². The van der Waals surface area contributed by atoms with E-state index < -0.39 is 16.4 Å². The van der Waals surface area contributed by atoms with Gasteiger partial charge in [0, 0.05) is 12.6 Å². The second-order valence-electron chi connectivity index (χ2n) is 5.32. The van der Waals surface area contributed by atoms with Gasteiger partial charge in [0.1, 0.15) is 5.82 Å². The normalized spacial score (nSPS) is 10.3. The van der Waals surface area contributed by atoms with E-state index in [4.69, 9.17) is 11.3 Å². The number of nitrogens with zero attached hydrogens (tertiary/aromatic N) is 4. The Morgan fingerprint density at radius 2 is 2.12 bits per heavy atom. The molecule has 0 unspecified atom stereocenters. The van der Waals surface area contributed by atoms with Gasteiger partial charge in [0.25, 0.3) is 0 Å². The average molecular weight is 352 g/mol. The molecule has 0 fully saturated rings. The topological polar surface area (TPSA) is 74.6 Å². The Hall–Kier alpha value is -3.73. The third kappa shape index (κ3) is 3.37. The molecule has 8 heteroatoms. The van der Waals surface area contributed by atoms with E-state index in [1.54, 1.807) is 28.9 Å². The van der Waals surface area contributed by atoms with Crippen molar-refractivity contribution in [2.45, 2.75) is 13.5 Å². The van der Waals surface area contributed by atoms with Gasteiger partial charge in [0.2, 0.25) is 11.6 Å². The minimum absolute atomic E-state index is 0.0985. The highest BCUT2D eigenvalue weighted by Gasteiger charge is 2.19. The van der Waals surface area contributed by atoms with Crippen LogP contribution in [0, 0.1) is 22.5 Å². The highest BCUT2D eigenvalue weighted by molar-refractivity contribution is 5.66. The fourth-order valence-corrected chi connectivity index (χ4v) is 2.48. The number of aryl methyl sites for hydroxylation is 1. The molecule has 1 aromatic heterocycles. The Labute approximate surface area is 148 Å². The second-order valence-corrected chi connectivity index (χ2v) is 5.32. The van der Waals surface area contributed by atoms with Crippen molar-refractivity contribution in [2.24, 2.45) is 0 Å². The van der Waals surface area contributed by atoms with E-state index in [0.717, 1.165) is 17.7 Å². The number of aromatic nitrogens is 2. The summed E-state index contributed by atoms with van der Waals surface area (Å²) in [7, 11) is 0. The maximum absolute atomic E-state index is 13.3. The van der Waals surface area contributed by atoms with Crippen LogP contribution in [0.4, 0.5) is 15.8 Å². The predicted molar refractivity (Wildman–Crippen MR) is 92.7 cm³/mol. The van der Waals surface area contributed by atoms with Crippen LogP contribution >= 0.6 is 0 Å². The summed E-state index contributed by atoms with van der Waals surface area (Å²) < 4.78 is 20.4. The number of hydrogen-bond donors (Lipinski definition) is 0. The van der Waals surface area contributed by atoms with E-state index in [0.29, 0.717) is 17.9 Å². The maximum Gasteiger partial charge on any atom is 0.314 e. The molecule has 0 aliphatic heterocycles. The van der Waals surface area contributed by atoms with Crippen LogP contribution in [-0.4, -0.2) is 14.7 Å². The van der Waals surface area contributed by atoms with Crippen LogP contribution in [0.15, 0.2) is 48.5 Å². The Bertz CT molecular complexity index is 1020. The van der Waals surface area contributed by atoms with Crippen molar-refractivity contribution in [3.8, 4) is 22.9 Å². The summed E-state index contributed by atoms with van der Waals surface area (Å²) in [5, 5.41) is 15.4. The van der Waals surface area contributed by atoms with Gasteiger partial charge in [-0.05, 0) is 30.7 Å². The lowest BCUT2D eigenvalue weighted by atomic mass is 10.1. The van der Waals surface area contributed by atoms with Crippen LogP contribution in [-0.2, 0) is 6.54 Å². The van der Waals surface area contributed by atoms with E-state index in [2.05, 4.69) is 9.94 Å². The summed E-state index contributed by atoms with van der Waals surface area (Å²) in [6, 6.07) is 11.7. The minimum Gasteiger partial charge on any atom is -0.430 e. The molecule has 2 aromatic carbocycles. The van der Waals surface area contributed by atoms with E-state index >= 15 is 0 Å². The first-order chi connectivity index (χ1) is 12.5. The van der Waals surface area contributed by atoms with E-state index in [1.807, 2.05) is 13.0 Å². The number of rotatable bonds is 5. The summed E-state index contributed by atoms with van der Waals surface area (Å²) >= 11 is 0. The summed E-state index contributed by atoms with van der Waals surface area (Å²) in [6.07, 6.45) is 0. The number of halogens is 1. The second kappa shape index (κ2) is 7.03. The molecule has 26 heavy (non-hydrogen) atoms. The largest absolute Gasteiger partial charge is 0.430 e. The van der Waals surface area contributed by atoms with Gasteiger partial charge >= 0.3 is 5.69 Å². The van der Waals surface area contributed by atoms with Gasteiger partial charge in [-0.1, -0.05) is 18.2 Å². The van der Waals surface area contributed by atoms with Crippen LogP contribution in [0.1, 0.15) is 6.92 Å². The summed E-state index contributed by atoms with van der Waals surface area (Å²) in [5.74, 6) is -0.678. The minimum atomic E-state index is -0.722. The molecule has 0 bridgehead atoms. The van der Waals surface area contributed by atoms with E-state index in [-0.39, 0.29) is 11.6 Å². The predicted octanol–water partition coefficient (Wildman–Crippen LogP) is 4.96. The summed E-state index contributed by atoms with van der Waals surface area (Å²) in [5.41, 5.74) is 1.49. The van der Waals surface area contributed by atoms with Crippen molar-refractivity contribution < 1.29 is 14.1 Å². The Balaban J connectivity index is 2.00. The number of benzene rings is 2. The Morgan fingerprint density at radius 1 is 1.31 bits per heavy atom. The standard InChI is InChI=1S/C18H13FN4O3/c1-3-22-15(12-5-4-6-14(9-12)20-2)11-18(21-22)26-17-8-7-13(19)10-16(17)23(24)25/h4-11H,3H2,1H3. The lowest BCUT2D eigenvalue weighted by Gasteiger charge is -2.04. The zero-order valence-electron chi connectivity index (χ0n) is 13.7. The first-order valence-electron chi connectivity index (χ1n) is 7.69. The third-order valence-electron chi connectivity index (χ3n) is 3.66.